The molecule has 6 nitrogen and oxygen atoms in total. The second-order valence-electron chi connectivity index (χ2n) is 7.02. The summed E-state index contributed by atoms with van der Waals surface area (Å²) in [7, 11) is -3.68. The van der Waals surface area contributed by atoms with Crippen LogP contribution in [0.25, 0.3) is 0 Å². The molecule has 0 atom stereocenters. The third-order valence-electron chi connectivity index (χ3n) is 4.76. The highest BCUT2D eigenvalue weighted by Crippen LogP contribution is 2.23. The van der Waals surface area contributed by atoms with E-state index < -0.39 is 15.8 Å². The predicted molar refractivity (Wildman–Crippen MR) is 114 cm³/mol. The van der Waals surface area contributed by atoms with Crippen molar-refractivity contribution in [3.05, 3.63) is 58.3 Å². The van der Waals surface area contributed by atoms with E-state index in [9.17, 15) is 17.6 Å². The fourth-order valence-electron chi connectivity index (χ4n) is 3.22. The van der Waals surface area contributed by atoms with Gasteiger partial charge in [0, 0.05) is 24.1 Å². The number of carbonyl (C=O) groups excluding carboxylic acids is 1. The van der Waals surface area contributed by atoms with Crippen LogP contribution >= 0.6 is 15.9 Å². The number of benzene rings is 2. The maximum atomic E-state index is 13.1. The zero-order valence-corrected chi connectivity index (χ0v) is 18.5. The van der Waals surface area contributed by atoms with Gasteiger partial charge in [0.15, 0.2) is 0 Å². The first kappa shape index (κ1) is 21.9. The van der Waals surface area contributed by atoms with E-state index in [0.717, 1.165) is 22.2 Å². The number of halogens is 2. The molecule has 29 heavy (non-hydrogen) atoms. The van der Waals surface area contributed by atoms with E-state index in [2.05, 4.69) is 21.2 Å². The van der Waals surface area contributed by atoms with E-state index in [0.29, 0.717) is 31.7 Å². The van der Waals surface area contributed by atoms with Crippen LogP contribution in [0.2, 0.25) is 0 Å². The molecule has 0 radical (unpaired) electrons. The summed E-state index contributed by atoms with van der Waals surface area (Å²) in [6.07, 6.45) is 0.613. The molecule has 0 aromatic heterocycles. The number of hydrogen-bond donors (Lipinski definition) is 1. The lowest BCUT2D eigenvalue weighted by molar-refractivity contribution is -0.117. The van der Waals surface area contributed by atoms with E-state index in [1.807, 2.05) is 30.0 Å². The number of hydrogen-bond acceptors (Lipinski definition) is 4. The highest BCUT2D eigenvalue weighted by molar-refractivity contribution is 9.10. The Balaban J connectivity index is 1.59. The van der Waals surface area contributed by atoms with Crippen molar-refractivity contribution in [1.29, 1.82) is 0 Å². The Labute approximate surface area is 178 Å². The van der Waals surface area contributed by atoms with Crippen LogP contribution in [0.15, 0.2) is 51.8 Å². The molecule has 0 saturated carbocycles. The molecule has 0 aliphatic carbocycles. The Kier molecular flexibility index (Phi) is 7.05. The normalized spacial score (nSPS) is 16.4. The molecule has 1 aliphatic heterocycles. The number of carbonyl (C=O) groups is 1. The molecular formula is C20H23BrFN3O3S. The van der Waals surface area contributed by atoms with Crippen LogP contribution in [0.5, 0.6) is 0 Å². The van der Waals surface area contributed by atoms with Gasteiger partial charge in [-0.15, -0.1) is 0 Å². The van der Waals surface area contributed by atoms with Crippen molar-refractivity contribution in [3.8, 4) is 0 Å². The molecule has 0 bridgehead atoms. The summed E-state index contributed by atoms with van der Waals surface area (Å²) in [5.41, 5.74) is 1.79. The van der Waals surface area contributed by atoms with Gasteiger partial charge >= 0.3 is 0 Å². The fourth-order valence-corrected chi connectivity index (χ4v) is 5.28. The molecule has 0 unspecified atom stereocenters. The lowest BCUT2D eigenvalue weighted by Crippen LogP contribution is -2.38. The minimum Gasteiger partial charge on any atom is -0.324 e. The van der Waals surface area contributed by atoms with Gasteiger partial charge in [-0.2, -0.15) is 4.31 Å². The Morgan fingerprint density at radius 2 is 1.83 bits per heavy atom. The molecule has 1 N–H and O–H groups in total. The van der Waals surface area contributed by atoms with Gasteiger partial charge in [-0.3, -0.25) is 9.69 Å². The van der Waals surface area contributed by atoms with Crippen molar-refractivity contribution >= 4 is 37.5 Å². The Morgan fingerprint density at radius 1 is 1.10 bits per heavy atom. The van der Waals surface area contributed by atoms with E-state index >= 15 is 0 Å². The molecule has 2 aromatic rings. The highest BCUT2D eigenvalue weighted by Gasteiger charge is 2.27. The van der Waals surface area contributed by atoms with Gasteiger partial charge in [-0.25, -0.2) is 12.8 Å². The van der Waals surface area contributed by atoms with Crippen LogP contribution in [0.1, 0.15) is 12.0 Å². The van der Waals surface area contributed by atoms with Crippen LogP contribution in [-0.2, 0) is 14.8 Å². The van der Waals surface area contributed by atoms with Crippen molar-refractivity contribution in [2.24, 2.45) is 0 Å². The van der Waals surface area contributed by atoms with E-state index in [1.165, 1.54) is 16.4 Å². The molecule has 2 aromatic carbocycles. The summed E-state index contributed by atoms with van der Waals surface area (Å²) in [6.45, 7) is 3.87. The van der Waals surface area contributed by atoms with Crippen LogP contribution in [0.3, 0.4) is 0 Å². The molecule has 0 spiro atoms. The topological polar surface area (TPSA) is 69.7 Å². The zero-order valence-electron chi connectivity index (χ0n) is 16.1. The zero-order chi connectivity index (χ0) is 21.0. The van der Waals surface area contributed by atoms with Crippen LogP contribution in [-0.4, -0.2) is 56.3 Å². The summed E-state index contributed by atoms with van der Waals surface area (Å²) < 4.78 is 40.9. The second kappa shape index (κ2) is 9.34. The standard InChI is InChI=1S/C20H23BrFN3O3S/c1-15-3-8-19(18(21)13-15)23-20(26)14-24-9-2-10-25(12-11-24)29(27,28)17-6-4-16(22)5-7-17/h3-8,13H,2,9-12,14H2,1H3,(H,23,26). The maximum absolute atomic E-state index is 13.1. The monoisotopic (exact) mass is 483 g/mol. The second-order valence-corrected chi connectivity index (χ2v) is 9.81. The number of anilines is 1. The molecule has 1 aliphatic rings. The molecular weight excluding hydrogens is 461 g/mol. The minimum absolute atomic E-state index is 0.0781. The smallest absolute Gasteiger partial charge is 0.243 e. The first-order valence-corrected chi connectivity index (χ1v) is 11.5. The lowest BCUT2D eigenvalue weighted by atomic mass is 10.2. The number of aryl methyl sites for hydroxylation is 1. The summed E-state index contributed by atoms with van der Waals surface area (Å²) in [5, 5.41) is 2.88. The Morgan fingerprint density at radius 3 is 2.52 bits per heavy atom. The highest BCUT2D eigenvalue weighted by atomic mass is 79.9. The van der Waals surface area contributed by atoms with E-state index in [1.54, 1.807) is 0 Å². The fraction of sp³-hybridized carbons (Fsp3) is 0.350. The summed E-state index contributed by atoms with van der Waals surface area (Å²) in [5.74, 6) is -0.624. The molecule has 156 valence electrons. The minimum atomic E-state index is -3.68. The average Bonchev–Trinajstić information content (AvgIpc) is 2.90. The third-order valence-corrected chi connectivity index (χ3v) is 7.33. The number of amides is 1. The molecule has 1 heterocycles. The predicted octanol–water partition coefficient (Wildman–Crippen LogP) is 3.23. The van der Waals surface area contributed by atoms with Gasteiger partial charge in [0.05, 0.1) is 17.1 Å². The first-order chi connectivity index (χ1) is 13.8. The van der Waals surface area contributed by atoms with Crippen molar-refractivity contribution in [2.75, 3.05) is 38.0 Å². The van der Waals surface area contributed by atoms with Crippen LogP contribution in [0, 0.1) is 12.7 Å². The summed E-state index contributed by atoms with van der Waals surface area (Å²) in [6, 6.07) is 10.5. The van der Waals surface area contributed by atoms with E-state index in [-0.39, 0.29) is 23.9 Å². The SMILES string of the molecule is Cc1ccc(NC(=O)CN2CCCN(S(=O)(=O)c3ccc(F)cc3)CC2)c(Br)c1. The molecule has 9 heteroatoms. The number of nitrogens with one attached hydrogen (secondary N) is 1. The Hall–Kier alpha value is -1.81. The molecule has 1 amide bonds. The van der Waals surface area contributed by atoms with Gasteiger partial charge in [-0.1, -0.05) is 6.07 Å². The molecule has 3 rings (SSSR count). The number of nitrogens with zero attached hydrogens (tertiary/aromatic N) is 2. The van der Waals surface area contributed by atoms with Gasteiger partial charge in [0.1, 0.15) is 5.82 Å². The van der Waals surface area contributed by atoms with Gasteiger partial charge < -0.3 is 5.32 Å². The average molecular weight is 484 g/mol. The first-order valence-electron chi connectivity index (χ1n) is 9.30. The van der Waals surface area contributed by atoms with Gasteiger partial charge in [0.2, 0.25) is 15.9 Å². The van der Waals surface area contributed by atoms with Gasteiger partial charge in [0.25, 0.3) is 0 Å². The molecule has 1 fully saturated rings. The molecule has 1 saturated heterocycles. The number of sulfonamides is 1. The maximum Gasteiger partial charge on any atom is 0.243 e. The van der Waals surface area contributed by atoms with Crippen molar-refractivity contribution in [3.63, 3.8) is 0 Å². The lowest BCUT2D eigenvalue weighted by Gasteiger charge is -2.21. The van der Waals surface area contributed by atoms with E-state index in [4.69, 9.17) is 0 Å². The van der Waals surface area contributed by atoms with Crippen molar-refractivity contribution in [2.45, 2.75) is 18.2 Å². The van der Waals surface area contributed by atoms with Gasteiger partial charge in [-0.05, 0) is 77.8 Å². The van der Waals surface area contributed by atoms with Crippen LogP contribution in [0.4, 0.5) is 10.1 Å². The third kappa shape index (κ3) is 5.63. The van der Waals surface area contributed by atoms with Crippen molar-refractivity contribution < 1.29 is 17.6 Å². The quantitative estimate of drug-likeness (QED) is 0.708. The Bertz CT molecular complexity index is 983. The van der Waals surface area contributed by atoms with Crippen molar-refractivity contribution in [1.82, 2.24) is 9.21 Å². The summed E-state index contributed by atoms with van der Waals surface area (Å²) >= 11 is 3.44. The number of rotatable bonds is 5. The summed E-state index contributed by atoms with van der Waals surface area (Å²) in [4.78, 5) is 14.4. The van der Waals surface area contributed by atoms with Crippen LogP contribution < -0.4 is 5.32 Å². The largest absolute Gasteiger partial charge is 0.324 e.